The summed E-state index contributed by atoms with van der Waals surface area (Å²) in [7, 11) is 0. The molecule has 2 unspecified atom stereocenters. The molecule has 14 heavy (non-hydrogen) atoms. The van der Waals surface area contributed by atoms with Gasteiger partial charge in [-0.2, -0.15) is 5.26 Å². The number of rotatable bonds is 6. The van der Waals surface area contributed by atoms with Crippen LogP contribution in [0.3, 0.4) is 0 Å². The number of esters is 1. The second-order valence-electron chi connectivity index (χ2n) is 2.42. The molecule has 0 aliphatic rings. The van der Waals surface area contributed by atoms with Crippen LogP contribution in [0.2, 0.25) is 0 Å². The van der Waals surface area contributed by atoms with Gasteiger partial charge in [0.25, 0.3) is 0 Å². The molecule has 0 aromatic heterocycles. The summed E-state index contributed by atoms with van der Waals surface area (Å²) in [6.45, 7) is 5.80. The van der Waals surface area contributed by atoms with Crippen molar-refractivity contribution in [3.63, 3.8) is 0 Å². The number of nitriles is 1. The van der Waals surface area contributed by atoms with E-state index in [2.05, 4.69) is 0 Å². The van der Waals surface area contributed by atoms with Crippen LogP contribution in [0.25, 0.3) is 0 Å². The van der Waals surface area contributed by atoms with Crippen molar-refractivity contribution >= 4 is 5.97 Å². The normalized spacial score (nSPS) is 14.1. The Kier molecular flexibility index (Phi) is 6.72. The molecule has 0 amide bonds. The molecule has 5 nitrogen and oxygen atoms in total. The average Bonchev–Trinajstić information content (AvgIpc) is 2.14. The van der Waals surface area contributed by atoms with Gasteiger partial charge in [0.05, 0.1) is 0 Å². The summed E-state index contributed by atoms with van der Waals surface area (Å²) in [6.07, 6.45) is -1.81. The molecule has 0 aromatic carbocycles. The van der Waals surface area contributed by atoms with Gasteiger partial charge >= 0.3 is 5.97 Å². The molecule has 0 bridgehead atoms. The van der Waals surface area contributed by atoms with Gasteiger partial charge in [-0.05, 0) is 20.8 Å². The molecule has 2 atom stereocenters. The van der Waals surface area contributed by atoms with Crippen molar-refractivity contribution in [3.05, 3.63) is 0 Å². The van der Waals surface area contributed by atoms with E-state index in [1.807, 2.05) is 0 Å². The predicted molar refractivity (Wildman–Crippen MR) is 48.2 cm³/mol. The molecular formula is C9H15NO4. The maximum absolute atomic E-state index is 11.2. The lowest BCUT2D eigenvalue weighted by molar-refractivity contribution is -0.182. The van der Waals surface area contributed by atoms with Crippen molar-refractivity contribution in [1.29, 1.82) is 5.26 Å². The Morgan fingerprint density at radius 1 is 1.36 bits per heavy atom. The Balaban J connectivity index is 3.98. The first-order valence-corrected chi connectivity index (χ1v) is 4.49. The summed E-state index contributed by atoms with van der Waals surface area (Å²) in [4.78, 5) is 11.2. The predicted octanol–water partition coefficient (Wildman–Crippen LogP) is 0.841. The molecule has 0 heterocycles. The number of carbonyl (C=O) groups is 1. The maximum Gasteiger partial charge on any atom is 0.352 e. The zero-order valence-electron chi connectivity index (χ0n) is 8.65. The van der Waals surface area contributed by atoms with Crippen LogP contribution in [-0.4, -0.2) is 31.6 Å². The Bertz CT molecular complexity index is 211. The van der Waals surface area contributed by atoms with Crippen LogP contribution in [0.5, 0.6) is 0 Å². The Hall–Kier alpha value is -1.12. The summed E-state index contributed by atoms with van der Waals surface area (Å²) >= 11 is 0. The fourth-order valence-corrected chi connectivity index (χ4v) is 0.819. The molecule has 0 aromatic rings. The van der Waals surface area contributed by atoms with Gasteiger partial charge in [0.15, 0.2) is 6.29 Å². The average molecular weight is 201 g/mol. The lowest BCUT2D eigenvalue weighted by atomic mass is 10.4. The van der Waals surface area contributed by atoms with Crippen LogP contribution in [0.15, 0.2) is 0 Å². The molecule has 0 saturated carbocycles. The third-order valence-electron chi connectivity index (χ3n) is 1.35. The molecular weight excluding hydrogens is 186 g/mol. The summed E-state index contributed by atoms with van der Waals surface area (Å²) in [6, 6.07) is 1.70. The van der Waals surface area contributed by atoms with E-state index in [9.17, 15) is 4.79 Å². The monoisotopic (exact) mass is 201 g/mol. The second-order valence-corrected chi connectivity index (χ2v) is 2.42. The summed E-state index contributed by atoms with van der Waals surface area (Å²) in [5, 5.41) is 8.55. The minimum Gasteiger partial charge on any atom is -0.433 e. The van der Waals surface area contributed by atoms with Crippen LogP contribution in [-0.2, 0) is 19.0 Å². The lowest BCUT2D eigenvalue weighted by Crippen LogP contribution is -2.29. The smallest absolute Gasteiger partial charge is 0.352 e. The number of hydrogen-bond acceptors (Lipinski definition) is 5. The van der Waals surface area contributed by atoms with Gasteiger partial charge in [-0.25, -0.2) is 4.79 Å². The highest BCUT2D eigenvalue weighted by Gasteiger charge is 2.21. The number of hydrogen-bond donors (Lipinski definition) is 0. The fraction of sp³-hybridized carbons (Fsp3) is 0.778. The van der Waals surface area contributed by atoms with Gasteiger partial charge in [0, 0.05) is 13.2 Å². The van der Waals surface area contributed by atoms with Crippen molar-refractivity contribution in [2.45, 2.75) is 33.2 Å². The molecule has 0 saturated heterocycles. The molecule has 0 aliphatic heterocycles. The summed E-state index contributed by atoms with van der Waals surface area (Å²) in [5.41, 5.74) is 0. The SMILES string of the molecule is CCOC(C)OC(=O)C(C#N)OCC. The Morgan fingerprint density at radius 3 is 2.36 bits per heavy atom. The number of ether oxygens (including phenoxy) is 3. The van der Waals surface area contributed by atoms with Crippen molar-refractivity contribution in [1.82, 2.24) is 0 Å². The summed E-state index contributed by atoms with van der Waals surface area (Å²) < 4.78 is 14.6. The quantitative estimate of drug-likeness (QED) is 0.470. The van der Waals surface area contributed by atoms with E-state index in [0.29, 0.717) is 6.61 Å². The first-order valence-electron chi connectivity index (χ1n) is 4.49. The Labute approximate surface area is 83.6 Å². The zero-order valence-corrected chi connectivity index (χ0v) is 8.65. The third kappa shape index (κ3) is 4.80. The van der Waals surface area contributed by atoms with Gasteiger partial charge in [0.2, 0.25) is 6.10 Å². The van der Waals surface area contributed by atoms with E-state index in [0.717, 1.165) is 0 Å². The molecule has 0 rings (SSSR count). The molecule has 0 fully saturated rings. The highest BCUT2D eigenvalue weighted by Crippen LogP contribution is 2.00. The van der Waals surface area contributed by atoms with E-state index >= 15 is 0 Å². The van der Waals surface area contributed by atoms with Gasteiger partial charge in [0.1, 0.15) is 6.07 Å². The number of carbonyl (C=O) groups excluding carboxylic acids is 1. The van der Waals surface area contributed by atoms with Gasteiger partial charge in [-0.15, -0.1) is 0 Å². The standard InChI is InChI=1S/C9H15NO4/c1-4-12-7(3)14-9(11)8(6-10)13-5-2/h7-8H,4-5H2,1-3H3. The van der Waals surface area contributed by atoms with Crippen molar-refractivity contribution in [3.8, 4) is 6.07 Å². The Morgan fingerprint density at radius 2 is 1.93 bits per heavy atom. The number of nitrogens with zero attached hydrogens (tertiary/aromatic N) is 1. The van der Waals surface area contributed by atoms with Gasteiger partial charge < -0.3 is 14.2 Å². The van der Waals surface area contributed by atoms with Crippen LogP contribution in [0.1, 0.15) is 20.8 Å². The van der Waals surface area contributed by atoms with Crippen molar-refractivity contribution < 1.29 is 19.0 Å². The first kappa shape index (κ1) is 12.9. The van der Waals surface area contributed by atoms with Gasteiger partial charge in [-0.3, -0.25) is 0 Å². The maximum atomic E-state index is 11.2. The topological polar surface area (TPSA) is 68.5 Å². The van der Waals surface area contributed by atoms with E-state index in [1.54, 1.807) is 26.8 Å². The summed E-state index contributed by atoms with van der Waals surface area (Å²) in [5.74, 6) is -0.713. The van der Waals surface area contributed by atoms with Crippen molar-refractivity contribution in [2.24, 2.45) is 0 Å². The molecule has 80 valence electrons. The minimum atomic E-state index is -1.16. The highest BCUT2D eigenvalue weighted by atomic mass is 16.7. The van der Waals surface area contributed by atoms with E-state index in [1.165, 1.54) is 0 Å². The molecule has 5 heteroatoms. The molecule has 0 spiro atoms. The second kappa shape index (κ2) is 7.30. The van der Waals surface area contributed by atoms with Crippen molar-refractivity contribution in [2.75, 3.05) is 13.2 Å². The van der Waals surface area contributed by atoms with E-state index < -0.39 is 18.4 Å². The van der Waals surface area contributed by atoms with Crippen LogP contribution in [0.4, 0.5) is 0 Å². The largest absolute Gasteiger partial charge is 0.433 e. The van der Waals surface area contributed by atoms with E-state index in [-0.39, 0.29) is 6.61 Å². The molecule has 0 N–H and O–H groups in total. The van der Waals surface area contributed by atoms with Crippen LogP contribution >= 0.6 is 0 Å². The minimum absolute atomic E-state index is 0.288. The zero-order chi connectivity index (χ0) is 11.0. The molecule has 0 aliphatic carbocycles. The van der Waals surface area contributed by atoms with Gasteiger partial charge in [-0.1, -0.05) is 0 Å². The lowest BCUT2D eigenvalue weighted by Gasteiger charge is -2.14. The first-order chi connectivity index (χ1) is 6.65. The fourth-order valence-electron chi connectivity index (χ4n) is 0.819. The van der Waals surface area contributed by atoms with Crippen LogP contribution in [0, 0.1) is 11.3 Å². The van der Waals surface area contributed by atoms with Crippen LogP contribution < -0.4 is 0 Å². The highest BCUT2D eigenvalue weighted by molar-refractivity contribution is 5.77. The van der Waals surface area contributed by atoms with E-state index in [4.69, 9.17) is 19.5 Å². The third-order valence-corrected chi connectivity index (χ3v) is 1.35. The molecule has 0 radical (unpaired) electrons.